The highest BCUT2D eigenvalue weighted by Gasteiger charge is 2.37. The summed E-state index contributed by atoms with van der Waals surface area (Å²) in [6.45, 7) is 4.65. The van der Waals surface area contributed by atoms with E-state index in [0.29, 0.717) is 11.8 Å². The molecule has 0 fully saturated rings. The fourth-order valence-corrected chi connectivity index (χ4v) is 9.18. The van der Waals surface area contributed by atoms with Crippen LogP contribution in [0.25, 0.3) is 73.7 Å². The zero-order valence-electron chi connectivity index (χ0n) is 34.5. The van der Waals surface area contributed by atoms with E-state index in [4.69, 9.17) is 4.42 Å². The summed E-state index contributed by atoms with van der Waals surface area (Å²) in [6, 6.07) is 73.1. The van der Waals surface area contributed by atoms with E-state index in [2.05, 4.69) is 228 Å². The topological polar surface area (TPSA) is 47.1 Å². The lowest BCUT2D eigenvalue weighted by molar-refractivity contribution is 0.557. The van der Waals surface area contributed by atoms with Crippen molar-refractivity contribution in [2.75, 3.05) is 4.90 Å². The van der Waals surface area contributed by atoms with Gasteiger partial charge in [-0.05, 0) is 118 Å². The molecule has 0 amide bonds. The molecule has 5 heteroatoms. The highest BCUT2D eigenvalue weighted by Crippen LogP contribution is 2.53. The van der Waals surface area contributed by atoms with E-state index in [1.807, 2.05) is 24.3 Å². The molecule has 0 aliphatic heterocycles. The molecule has 0 bridgehead atoms. The Hall–Kier alpha value is -8.02. The minimum absolute atomic E-state index is 0.286. The molecule has 0 unspecified atom stereocenters. The number of benzene rings is 8. The van der Waals surface area contributed by atoms with Gasteiger partial charge in [-0.2, -0.15) is 0 Å². The molecule has 5 nitrogen and oxygen atoms in total. The first-order valence-electron chi connectivity index (χ1n) is 21.1. The summed E-state index contributed by atoms with van der Waals surface area (Å²) in [5, 5.41) is 10.2. The number of hydrogen-bond acceptors (Lipinski definition) is 4. The molecule has 1 aliphatic carbocycles. The first kappa shape index (κ1) is 37.0. The van der Waals surface area contributed by atoms with Gasteiger partial charge >= 0.3 is 0 Å². The summed E-state index contributed by atoms with van der Waals surface area (Å²) in [5.74, 6) is 0.949. The Bertz CT molecular complexity index is 3180. The van der Waals surface area contributed by atoms with Crippen LogP contribution in [0.4, 0.5) is 17.1 Å². The third-order valence-corrected chi connectivity index (χ3v) is 12.2. The summed E-state index contributed by atoms with van der Waals surface area (Å²) in [4.78, 5) is 2.25. The highest BCUT2D eigenvalue weighted by molar-refractivity contribution is 6.08. The molecule has 0 N–H and O–H groups in total. The summed E-state index contributed by atoms with van der Waals surface area (Å²) in [7, 11) is 0. The van der Waals surface area contributed by atoms with Crippen LogP contribution in [0.1, 0.15) is 36.4 Å². The quantitative estimate of drug-likeness (QED) is 0.146. The SMILES string of the molecule is CC1(C)c2cc(-c3nnc(C=Cc4ccc(N(c5ccccc5)c5ccccc5)cc4)o3)ccc2-c2cc3c(-c4ccccc4)c(-c4ccccc4)n(-c4ccccc4)c3cc21. The Morgan fingerprint density at radius 1 is 0.500 bits per heavy atom. The molecule has 0 saturated heterocycles. The molecule has 62 heavy (non-hydrogen) atoms. The Kier molecular flexibility index (Phi) is 9.09. The number of nitrogens with zero attached hydrogens (tertiary/aromatic N) is 4. The van der Waals surface area contributed by atoms with Crippen LogP contribution in [0.5, 0.6) is 0 Å². The zero-order valence-corrected chi connectivity index (χ0v) is 34.5. The van der Waals surface area contributed by atoms with E-state index in [9.17, 15) is 0 Å². The van der Waals surface area contributed by atoms with Gasteiger partial charge in [0.1, 0.15) is 0 Å². The maximum atomic E-state index is 6.29. The molecule has 2 aromatic heterocycles. The number of hydrogen-bond donors (Lipinski definition) is 0. The average molecular weight is 799 g/mol. The van der Waals surface area contributed by atoms with Crippen molar-refractivity contribution >= 4 is 40.1 Å². The van der Waals surface area contributed by atoms with Gasteiger partial charge in [0.05, 0.1) is 11.2 Å². The van der Waals surface area contributed by atoms with Crippen LogP contribution in [-0.4, -0.2) is 14.8 Å². The third kappa shape index (κ3) is 6.43. The van der Waals surface area contributed by atoms with E-state index < -0.39 is 0 Å². The molecular weight excluding hydrogens is 757 g/mol. The van der Waals surface area contributed by atoms with Crippen molar-refractivity contribution in [2.24, 2.45) is 0 Å². The average Bonchev–Trinajstić information content (AvgIpc) is 4.01. The second-order valence-corrected chi connectivity index (χ2v) is 16.3. The molecular formula is C57H42N4O. The van der Waals surface area contributed by atoms with Gasteiger partial charge < -0.3 is 13.9 Å². The fraction of sp³-hybridized carbons (Fsp3) is 0.0526. The molecule has 8 aromatic carbocycles. The smallest absolute Gasteiger partial charge is 0.248 e. The van der Waals surface area contributed by atoms with Crippen LogP contribution in [0, 0.1) is 0 Å². The molecule has 11 rings (SSSR count). The molecule has 2 heterocycles. The maximum Gasteiger partial charge on any atom is 0.248 e. The first-order chi connectivity index (χ1) is 30.5. The van der Waals surface area contributed by atoms with Crippen molar-refractivity contribution in [1.29, 1.82) is 0 Å². The minimum atomic E-state index is -0.286. The summed E-state index contributed by atoms with van der Waals surface area (Å²) >= 11 is 0. The summed E-state index contributed by atoms with van der Waals surface area (Å²) in [6.07, 6.45) is 3.89. The van der Waals surface area contributed by atoms with Gasteiger partial charge in [-0.25, -0.2) is 0 Å². The highest BCUT2D eigenvalue weighted by atomic mass is 16.4. The monoisotopic (exact) mass is 798 g/mol. The van der Waals surface area contributed by atoms with Gasteiger partial charge in [0.25, 0.3) is 0 Å². The van der Waals surface area contributed by atoms with Crippen molar-refractivity contribution < 1.29 is 4.42 Å². The Labute approximate surface area is 361 Å². The van der Waals surface area contributed by atoms with Crippen molar-refractivity contribution in [3.8, 4) is 50.7 Å². The maximum absolute atomic E-state index is 6.29. The van der Waals surface area contributed by atoms with Crippen molar-refractivity contribution in [1.82, 2.24) is 14.8 Å². The minimum Gasteiger partial charge on any atom is -0.417 e. The van der Waals surface area contributed by atoms with Crippen molar-refractivity contribution in [3.63, 3.8) is 0 Å². The van der Waals surface area contributed by atoms with Crippen LogP contribution in [0.2, 0.25) is 0 Å². The number of anilines is 3. The zero-order chi connectivity index (χ0) is 41.6. The number of para-hydroxylation sites is 3. The van der Waals surface area contributed by atoms with Gasteiger partial charge in [0, 0.05) is 50.8 Å². The lowest BCUT2D eigenvalue weighted by Gasteiger charge is -2.25. The van der Waals surface area contributed by atoms with E-state index in [1.54, 1.807) is 0 Å². The van der Waals surface area contributed by atoms with Gasteiger partial charge in [-0.3, -0.25) is 0 Å². The molecule has 0 radical (unpaired) electrons. The van der Waals surface area contributed by atoms with Gasteiger partial charge in [0.15, 0.2) is 0 Å². The van der Waals surface area contributed by atoms with Crippen molar-refractivity contribution in [3.05, 3.63) is 229 Å². The molecule has 0 saturated carbocycles. The molecule has 10 aromatic rings. The second-order valence-electron chi connectivity index (χ2n) is 16.3. The molecule has 0 spiro atoms. The molecule has 296 valence electrons. The summed E-state index contributed by atoms with van der Waals surface area (Å²) in [5.41, 5.74) is 17.0. The van der Waals surface area contributed by atoms with Crippen LogP contribution < -0.4 is 4.90 Å². The number of aromatic nitrogens is 3. The van der Waals surface area contributed by atoms with Crippen LogP contribution in [0.3, 0.4) is 0 Å². The number of rotatable bonds is 9. The van der Waals surface area contributed by atoms with Crippen LogP contribution in [0.15, 0.2) is 211 Å². The van der Waals surface area contributed by atoms with Crippen molar-refractivity contribution in [2.45, 2.75) is 19.3 Å². The lowest BCUT2D eigenvalue weighted by atomic mass is 9.81. The van der Waals surface area contributed by atoms with Gasteiger partial charge in [-0.1, -0.05) is 147 Å². The van der Waals surface area contributed by atoms with E-state index >= 15 is 0 Å². The lowest BCUT2D eigenvalue weighted by Crippen LogP contribution is -2.15. The van der Waals surface area contributed by atoms with Crippen LogP contribution in [-0.2, 0) is 5.41 Å². The number of fused-ring (bicyclic) bond motifs is 4. The third-order valence-electron chi connectivity index (χ3n) is 12.2. The Morgan fingerprint density at radius 2 is 1.06 bits per heavy atom. The summed E-state index contributed by atoms with van der Waals surface area (Å²) < 4.78 is 8.74. The standard InChI is InChI=1S/C57H42N4O/c1-57(2)50-36-42(56-59-58-53(62-56)35-30-39-28-32-46(33-29-39)60(43-22-12-5-13-23-43)44-24-14-6-15-25-44)31-34-47(50)48-37-49-52(38-51(48)57)61(45-26-16-7-17-27-45)55(41-20-10-4-11-21-41)54(49)40-18-8-3-9-19-40/h3-38H,1-2H3. The van der Waals surface area contributed by atoms with Gasteiger partial charge in [-0.15, -0.1) is 10.2 Å². The van der Waals surface area contributed by atoms with E-state index in [1.165, 1.54) is 55.5 Å². The predicted molar refractivity (Wildman–Crippen MR) is 255 cm³/mol. The van der Waals surface area contributed by atoms with Crippen LogP contribution >= 0.6 is 0 Å². The second kappa shape index (κ2) is 15.2. The van der Waals surface area contributed by atoms with Gasteiger partial charge in [0.2, 0.25) is 11.8 Å². The van der Waals surface area contributed by atoms with E-state index in [-0.39, 0.29) is 5.41 Å². The molecule has 0 atom stereocenters. The fourth-order valence-electron chi connectivity index (χ4n) is 9.18. The Balaban J connectivity index is 0.937. The Morgan fingerprint density at radius 3 is 1.71 bits per heavy atom. The van der Waals surface area contributed by atoms with E-state index in [0.717, 1.165) is 33.9 Å². The predicted octanol–water partition coefficient (Wildman–Crippen LogP) is 15.0. The molecule has 1 aliphatic rings. The largest absolute Gasteiger partial charge is 0.417 e. The normalized spacial score (nSPS) is 12.7. The first-order valence-corrected chi connectivity index (χ1v) is 21.1.